The van der Waals surface area contributed by atoms with Gasteiger partial charge in [-0.2, -0.15) is 0 Å². The van der Waals surface area contributed by atoms with Crippen molar-refractivity contribution in [2.24, 2.45) is 5.73 Å². The van der Waals surface area contributed by atoms with Gasteiger partial charge in [0.1, 0.15) is 5.75 Å². The van der Waals surface area contributed by atoms with Crippen LogP contribution in [0.2, 0.25) is 0 Å². The molecular weight excluding hydrogens is 166 g/mol. The third-order valence-corrected chi connectivity index (χ3v) is 1.99. The van der Waals surface area contributed by atoms with Crippen molar-refractivity contribution in [1.29, 1.82) is 0 Å². The van der Waals surface area contributed by atoms with E-state index in [1.165, 1.54) is 0 Å². The summed E-state index contributed by atoms with van der Waals surface area (Å²) in [5.41, 5.74) is 6.60. The summed E-state index contributed by atoms with van der Waals surface area (Å²) in [6.45, 7) is 0.489. The monoisotopic (exact) mass is 181 g/mol. The first kappa shape index (κ1) is 10.0. The van der Waals surface area contributed by atoms with Crippen LogP contribution in [0.1, 0.15) is 11.7 Å². The summed E-state index contributed by atoms with van der Waals surface area (Å²) in [5, 5.41) is 0. The molecule has 1 aromatic rings. The predicted octanol–water partition coefficient (Wildman–Crippen LogP) is 1.34. The maximum atomic E-state index is 5.53. The molecule has 0 radical (unpaired) electrons. The smallest absolute Gasteiger partial charge is 0.118 e. The molecule has 1 atom stereocenters. The van der Waals surface area contributed by atoms with Crippen LogP contribution in [-0.2, 0) is 4.74 Å². The Morgan fingerprint density at radius 1 is 1.23 bits per heavy atom. The topological polar surface area (TPSA) is 44.5 Å². The van der Waals surface area contributed by atoms with Gasteiger partial charge in [-0.05, 0) is 17.7 Å². The lowest BCUT2D eigenvalue weighted by atomic mass is 10.1. The lowest BCUT2D eigenvalue weighted by Gasteiger charge is -2.13. The van der Waals surface area contributed by atoms with Gasteiger partial charge in [0.05, 0.1) is 13.2 Å². The van der Waals surface area contributed by atoms with Crippen LogP contribution in [-0.4, -0.2) is 20.8 Å². The molecule has 3 heteroatoms. The summed E-state index contributed by atoms with van der Waals surface area (Å²) >= 11 is 0. The van der Waals surface area contributed by atoms with Gasteiger partial charge in [-0.3, -0.25) is 0 Å². The van der Waals surface area contributed by atoms with E-state index in [2.05, 4.69) is 0 Å². The van der Waals surface area contributed by atoms with Gasteiger partial charge >= 0.3 is 0 Å². The molecule has 0 spiro atoms. The molecule has 0 bridgehead atoms. The van der Waals surface area contributed by atoms with Crippen LogP contribution >= 0.6 is 0 Å². The zero-order valence-electron chi connectivity index (χ0n) is 7.99. The van der Waals surface area contributed by atoms with Crippen LogP contribution in [0.15, 0.2) is 24.3 Å². The summed E-state index contributed by atoms with van der Waals surface area (Å²) in [4.78, 5) is 0. The quantitative estimate of drug-likeness (QED) is 0.762. The Morgan fingerprint density at radius 2 is 1.85 bits per heavy atom. The second-order valence-electron chi connectivity index (χ2n) is 2.73. The minimum Gasteiger partial charge on any atom is -0.497 e. The van der Waals surface area contributed by atoms with Crippen LogP contribution in [0.3, 0.4) is 0 Å². The highest BCUT2D eigenvalue weighted by atomic mass is 16.5. The summed E-state index contributed by atoms with van der Waals surface area (Å²) < 4.78 is 10.2. The van der Waals surface area contributed by atoms with Crippen molar-refractivity contribution in [2.45, 2.75) is 6.10 Å². The Kier molecular flexibility index (Phi) is 3.73. The highest BCUT2D eigenvalue weighted by molar-refractivity contribution is 5.28. The maximum absolute atomic E-state index is 5.53. The molecule has 0 aliphatic heterocycles. The van der Waals surface area contributed by atoms with E-state index < -0.39 is 0 Å². The standard InChI is InChI=1S/C10H15NO2/c1-12-9-5-3-8(4-6-9)10(7-11)13-2/h3-6,10H,7,11H2,1-2H3/t10-/m1/s1. The Hall–Kier alpha value is -1.06. The highest BCUT2D eigenvalue weighted by Gasteiger charge is 2.06. The van der Waals surface area contributed by atoms with Gasteiger partial charge in [0.2, 0.25) is 0 Å². The number of benzene rings is 1. The van der Waals surface area contributed by atoms with E-state index in [1.54, 1.807) is 14.2 Å². The SMILES string of the molecule is COc1ccc([C@@H](CN)OC)cc1. The largest absolute Gasteiger partial charge is 0.497 e. The molecule has 13 heavy (non-hydrogen) atoms. The second-order valence-corrected chi connectivity index (χ2v) is 2.73. The van der Waals surface area contributed by atoms with Crippen LogP contribution in [0.25, 0.3) is 0 Å². The predicted molar refractivity (Wildman–Crippen MR) is 51.8 cm³/mol. The summed E-state index contributed by atoms with van der Waals surface area (Å²) in [6, 6.07) is 7.72. The molecule has 1 aromatic carbocycles. The fourth-order valence-electron chi connectivity index (χ4n) is 1.19. The molecule has 2 N–H and O–H groups in total. The molecule has 0 aliphatic rings. The molecule has 1 rings (SSSR count). The van der Waals surface area contributed by atoms with E-state index in [1.807, 2.05) is 24.3 Å². The third-order valence-electron chi connectivity index (χ3n) is 1.99. The zero-order valence-corrected chi connectivity index (χ0v) is 7.99. The van der Waals surface area contributed by atoms with Gasteiger partial charge in [-0.25, -0.2) is 0 Å². The first-order chi connectivity index (χ1) is 6.31. The van der Waals surface area contributed by atoms with Crippen LogP contribution < -0.4 is 10.5 Å². The molecule has 0 unspecified atom stereocenters. The molecule has 72 valence electrons. The van der Waals surface area contributed by atoms with Gasteiger partial charge in [-0.1, -0.05) is 12.1 Å². The average molecular weight is 181 g/mol. The van der Waals surface area contributed by atoms with Crippen molar-refractivity contribution in [3.05, 3.63) is 29.8 Å². The highest BCUT2D eigenvalue weighted by Crippen LogP contribution is 2.18. The van der Waals surface area contributed by atoms with Crippen molar-refractivity contribution >= 4 is 0 Å². The lowest BCUT2D eigenvalue weighted by Crippen LogP contribution is -2.13. The summed E-state index contributed by atoms with van der Waals surface area (Å²) in [7, 11) is 3.30. The number of hydrogen-bond acceptors (Lipinski definition) is 3. The van der Waals surface area contributed by atoms with Crippen molar-refractivity contribution in [3.63, 3.8) is 0 Å². The summed E-state index contributed by atoms with van der Waals surface area (Å²) in [6.07, 6.45) is -0.0223. The van der Waals surface area contributed by atoms with E-state index >= 15 is 0 Å². The van der Waals surface area contributed by atoms with Gasteiger partial charge in [0.25, 0.3) is 0 Å². The van der Waals surface area contributed by atoms with E-state index in [9.17, 15) is 0 Å². The van der Waals surface area contributed by atoms with Gasteiger partial charge in [-0.15, -0.1) is 0 Å². The molecule has 0 heterocycles. The molecule has 0 saturated carbocycles. The van der Waals surface area contributed by atoms with Crippen LogP contribution in [0, 0.1) is 0 Å². The number of methoxy groups -OCH3 is 2. The van der Waals surface area contributed by atoms with Gasteiger partial charge < -0.3 is 15.2 Å². The Balaban J connectivity index is 2.78. The Bertz CT molecular complexity index is 242. The zero-order chi connectivity index (χ0) is 9.68. The Morgan fingerprint density at radius 3 is 2.23 bits per heavy atom. The first-order valence-electron chi connectivity index (χ1n) is 4.18. The van der Waals surface area contributed by atoms with Crippen LogP contribution in [0.4, 0.5) is 0 Å². The number of nitrogens with two attached hydrogens (primary N) is 1. The molecule has 3 nitrogen and oxygen atoms in total. The van der Waals surface area contributed by atoms with Crippen molar-refractivity contribution < 1.29 is 9.47 Å². The Labute approximate surface area is 78.5 Å². The van der Waals surface area contributed by atoms with Gasteiger partial charge in [0, 0.05) is 13.7 Å². The molecule has 0 aromatic heterocycles. The number of hydrogen-bond donors (Lipinski definition) is 1. The fraction of sp³-hybridized carbons (Fsp3) is 0.400. The molecular formula is C10H15NO2. The molecule has 0 saturated heterocycles. The van der Waals surface area contributed by atoms with E-state index in [0.29, 0.717) is 6.54 Å². The van der Waals surface area contributed by atoms with Crippen molar-refractivity contribution in [3.8, 4) is 5.75 Å². The minimum atomic E-state index is -0.0223. The average Bonchev–Trinajstić information content (AvgIpc) is 2.21. The first-order valence-corrected chi connectivity index (χ1v) is 4.18. The number of ether oxygens (including phenoxy) is 2. The van der Waals surface area contributed by atoms with Gasteiger partial charge in [0.15, 0.2) is 0 Å². The number of rotatable bonds is 4. The molecule has 0 amide bonds. The third kappa shape index (κ3) is 2.44. The lowest BCUT2D eigenvalue weighted by molar-refractivity contribution is 0.110. The fourth-order valence-corrected chi connectivity index (χ4v) is 1.19. The molecule has 0 aliphatic carbocycles. The molecule has 0 fully saturated rings. The normalized spacial score (nSPS) is 12.5. The maximum Gasteiger partial charge on any atom is 0.118 e. The minimum absolute atomic E-state index is 0.0223. The van der Waals surface area contributed by atoms with Crippen molar-refractivity contribution in [2.75, 3.05) is 20.8 Å². The second kappa shape index (κ2) is 4.84. The van der Waals surface area contributed by atoms with E-state index in [4.69, 9.17) is 15.2 Å². The van der Waals surface area contributed by atoms with E-state index in [-0.39, 0.29) is 6.10 Å². The van der Waals surface area contributed by atoms with Crippen molar-refractivity contribution in [1.82, 2.24) is 0 Å². The van der Waals surface area contributed by atoms with Crippen LogP contribution in [0.5, 0.6) is 5.75 Å². The summed E-state index contributed by atoms with van der Waals surface area (Å²) in [5.74, 6) is 0.843. The van der Waals surface area contributed by atoms with E-state index in [0.717, 1.165) is 11.3 Å².